The molecule has 10 heteroatoms. The van der Waals surface area contributed by atoms with Crippen LogP contribution in [0.25, 0.3) is 11.7 Å². The highest BCUT2D eigenvalue weighted by Crippen LogP contribution is 2.31. The molecular formula is C16H12F3N3O3S. The second-order valence-electron chi connectivity index (χ2n) is 5.18. The lowest BCUT2D eigenvalue weighted by Crippen LogP contribution is -2.22. The summed E-state index contributed by atoms with van der Waals surface area (Å²) < 4.78 is 48.7. The van der Waals surface area contributed by atoms with Gasteiger partial charge in [0, 0.05) is 5.69 Å². The molecule has 3 rings (SSSR count). The van der Waals surface area contributed by atoms with Crippen LogP contribution in [0.15, 0.2) is 56.7 Å². The van der Waals surface area contributed by atoms with Crippen molar-refractivity contribution in [2.45, 2.75) is 23.6 Å². The van der Waals surface area contributed by atoms with Crippen molar-refractivity contribution in [3.63, 3.8) is 0 Å². The molecule has 0 saturated heterocycles. The molecule has 2 heterocycles. The summed E-state index contributed by atoms with van der Waals surface area (Å²) in [4.78, 5) is 12.2. The number of carbonyl (C=O) groups is 1. The van der Waals surface area contributed by atoms with Gasteiger partial charge in [-0.2, -0.15) is 13.2 Å². The van der Waals surface area contributed by atoms with Crippen LogP contribution in [0, 0.1) is 0 Å². The molecule has 0 fully saturated rings. The van der Waals surface area contributed by atoms with E-state index in [0.29, 0.717) is 5.76 Å². The summed E-state index contributed by atoms with van der Waals surface area (Å²) in [5.41, 5.74) is -0.783. The quantitative estimate of drug-likeness (QED) is 0.655. The van der Waals surface area contributed by atoms with Crippen molar-refractivity contribution in [2.75, 3.05) is 5.32 Å². The molecule has 0 radical (unpaired) electrons. The number of alkyl halides is 3. The fourth-order valence-corrected chi connectivity index (χ4v) is 2.66. The molecule has 0 unspecified atom stereocenters. The van der Waals surface area contributed by atoms with Crippen molar-refractivity contribution in [3.05, 3.63) is 48.2 Å². The first-order chi connectivity index (χ1) is 12.3. The molecular weight excluding hydrogens is 371 g/mol. The Morgan fingerprint density at radius 1 is 1.23 bits per heavy atom. The maximum Gasteiger partial charge on any atom is 0.416 e. The Hall–Kier alpha value is -2.75. The molecule has 1 atom stereocenters. The third-order valence-corrected chi connectivity index (χ3v) is 4.18. The number of hydrogen-bond acceptors (Lipinski definition) is 6. The first-order valence-electron chi connectivity index (χ1n) is 7.35. The molecule has 2 aromatic heterocycles. The highest BCUT2D eigenvalue weighted by molar-refractivity contribution is 8.00. The van der Waals surface area contributed by atoms with Crippen LogP contribution in [0.1, 0.15) is 12.5 Å². The number of benzene rings is 1. The highest BCUT2D eigenvalue weighted by atomic mass is 32.2. The first-order valence-corrected chi connectivity index (χ1v) is 8.23. The zero-order valence-electron chi connectivity index (χ0n) is 13.3. The predicted octanol–water partition coefficient (Wildman–Crippen LogP) is 4.47. The van der Waals surface area contributed by atoms with Gasteiger partial charge in [0.15, 0.2) is 5.76 Å². The maximum atomic E-state index is 12.7. The van der Waals surface area contributed by atoms with Crippen LogP contribution in [0.3, 0.4) is 0 Å². The number of nitrogens with zero attached hydrogens (tertiary/aromatic N) is 2. The molecule has 1 aromatic carbocycles. The maximum absolute atomic E-state index is 12.7. The van der Waals surface area contributed by atoms with Crippen LogP contribution < -0.4 is 5.32 Å². The van der Waals surface area contributed by atoms with Gasteiger partial charge in [0.1, 0.15) is 0 Å². The number of nitrogens with one attached hydrogen (secondary N) is 1. The van der Waals surface area contributed by atoms with E-state index in [4.69, 9.17) is 8.83 Å². The number of aromatic nitrogens is 2. The zero-order chi connectivity index (χ0) is 18.7. The van der Waals surface area contributed by atoms with Crippen LogP contribution >= 0.6 is 11.8 Å². The van der Waals surface area contributed by atoms with E-state index in [1.807, 2.05) is 0 Å². The van der Waals surface area contributed by atoms with E-state index in [1.165, 1.54) is 18.4 Å². The number of thioether (sulfide) groups is 1. The van der Waals surface area contributed by atoms with Gasteiger partial charge in [0.2, 0.25) is 5.91 Å². The van der Waals surface area contributed by atoms with Crippen molar-refractivity contribution >= 4 is 23.4 Å². The average Bonchev–Trinajstić information content (AvgIpc) is 3.25. The first kappa shape index (κ1) is 18.1. The van der Waals surface area contributed by atoms with Crippen LogP contribution in [0.4, 0.5) is 18.9 Å². The van der Waals surface area contributed by atoms with E-state index >= 15 is 0 Å². The number of anilines is 1. The molecule has 26 heavy (non-hydrogen) atoms. The lowest BCUT2D eigenvalue weighted by atomic mass is 10.2. The summed E-state index contributed by atoms with van der Waals surface area (Å²) in [6, 6.07) is 7.72. The second-order valence-corrected chi connectivity index (χ2v) is 6.47. The summed E-state index contributed by atoms with van der Waals surface area (Å²) in [6.45, 7) is 1.57. The Bertz CT molecular complexity index is 894. The van der Waals surface area contributed by atoms with Crippen LogP contribution in [-0.4, -0.2) is 21.4 Å². The molecule has 0 bridgehead atoms. The van der Waals surface area contributed by atoms with Crippen molar-refractivity contribution in [3.8, 4) is 11.7 Å². The van der Waals surface area contributed by atoms with Gasteiger partial charge in [-0.3, -0.25) is 4.79 Å². The Labute approximate surface area is 149 Å². The minimum Gasteiger partial charge on any atom is -0.459 e. The Morgan fingerprint density at radius 3 is 2.73 bits per heavy atom. The van der Waals surface area contributed by atoms with Crippen molar-refractivity contribution < 1.29 is 26.8 Å². The zero-order valence-corrected chi connectivity index (χ0v) is 14.1. The second kappa shape index (κ2) is 7.24. The van der Waals surface area contributed by atoms with E-state index in [2.05, 4.69) is 15.5 Å². The van der Waals surface area contributed by atoms with Gasteiger partial charge in [-0.1, -0.05) is 17.8 Å². The topological polar surface area (TPSA) is 81.2 Å². The predicted molar refractivity (Wildman–Crippen MR) is 87.4 cm³/mol. The molecule has 0 aliphatic heterocycles. The molecule has 3 aromatic rings. The molecule has 0 aliphatic carbocycles. The van der Waals surface area contributed by atoms with Crippen LogP contribution in [-0.2, 0) is 11.0 Å². The van der Waals surface area contributed by atoms with Gasteiger partial charge in [0.25, 0.3) is 11.1 Å². The van der Waals surface area contributed by atoms with Gasteiger partial charge in [-0.25, -0.2) is 0 Å². The fraction of sp³-hybridized carbons (Fsp3) is 0.188. The van der Waals surface area contributed by atoms with Crippen molar-refractivity contribution in [2.24, 2.45) is 0 Å². The van der Waals surface area contributed by atoms with Gasteiger partial charge in [0.05, 0.1) is 17.1 Å². The van der Waals surface area contributed by atoms with Gasteiger partial charge >= 0.3 is 6.18 Å². The molecule has 6 nitrogen and oxygen atoms in total. The normalized spacial score (nSPS) is 12.8. The lowest BCUT2D eigenvalue weighted by Gasteiger charge is -2.12. The minimum atomic E-state index is -4.48. The summed E-state index contributed by atoms with van der Waals surface area (Å²) in [5.74, 6) is 0.0699. The smallest absolute Gasteiger partial charge is 0.416 e. The number of hydrogen-bond donors (Lipinski definition) is 1. The number of rotatable bonds is 5. The summed E-state index contributed by atoms with van der Waals surface area (Å²) in [7, 11) is 0. The summed E-state index contributed by atoms with van der Waals surface area (Å²) in [5, 5.41) is 9.52. The Morgan fingerprint density at radius 2 is 2.04 bits per heavy atom. The standard InChI is InChI=1S/C16H12F3N3O3S/c1-9(26-15-22-21-14(25-15)12-6-3-7-24-12)13(23)20-11-5-2-4-10(8-11)16(17,18)19/h2-9H,1H3,(H,20,23)/t9-/m1/s1. The van der Waals surface area contributed by atoms with E-state index in [9.17, 15) is 18.0 Å². The van der Waals surface area contributed by atoms with E-state index in [0.717, 1.165) is 23.9 Å². The van der Waals surface area contributed by atoms with E-state index in [-0.39, 0.29) is 16.8 Å². The third-order valence-electron chi connectivity index (χ3n) is 3.24. The van der Waals surface area contributed by atoms with Gasteiger partial charge in [-0.15, -0.1) is 10.2 Å². The van der Waals surface area contributed by atoms with Crippen LogP contribution in [0.5, 0.6) is 0 Å². The molecule has 1 amide bonds. The third kappa shape index (κ3) is 4.26. The van der Waals surface area contributed by atoms with Gasteiger partial charge in [-0.05, 0) is 37.3 Å². The number of amides is 1. The van der Waals surface area contributed by atoms with Crippen LogP contribution in [0.2, 0.25) is 0 Å². The lowest BCUT2D eigenvalue weighted by molar-refractivity contribution is -0.137. The summed E-state index contributed by atoms with van der Waals surface area (Å²) >= 11 is 0.983. The average molecular weight is 383 g/mol. The number of carbonyl (C=O) groups excluding carboxylic acids is 1. The molecule has 136 valence electrons. The number of halogens is 3. The molecule has 1 N–H and O–H groups in total. The minimum absolute atomic E-state index is 0.0547. The largest absolute Gasteiger partial charge is 0.459 e. The van der Waals surface area contributed by atoms with Gasteiger partial charge < -0.3 is 14.2 Å². The van der Waals surface area contributed by atoms with E-state index < -0.39 is 22.9 Å². The van der Waals surface area contributed by atoms with Crippen molar-refractivity contribution in [1.82, 2.24) is 10.2 Å². The fourth-order valence-electron chi connectivity index (χ4n) is 1.98. The number of furan rings is 1. The summed E-state index contributed by atoms with van der Waals surface area (Å²) in [6.07, 6.45) is -3.02. The SMILES string of the molecule is C[C@@H](Sc1nnc(-c2ccco2)o1)C(=O)Nc1cccc(C(F)(F)F)c1. The van der Waals surface area contributed by atoms with Crippen molar-refractivity contribution in [1.29, 1.82) is 0 Å². The molecule has 0 spiro atoms. The Kier molecular flexibility index (Phi) is 5.03. The molecule has 0 aliphatic rings. The highest BCUT2D eigenvalue weighted by Gasteiger charge is 2.30. The monoisotopic (exact) mass is 383 g/mol. The Balaban J connectivity index is 1.63. The molecule has 0 saturated carbocycles. The van der Waals surface area contributed by atoms with E-state index in [1.54, 1.807) is 19.1 Å².